The highest BCUT2D eigenvalue weighted by molar-refractivity contribution is 5.97. The molecule has 3 N–H and O–H groups in total. The minimum atomic E-state index is -1.05. The van der Waals surface area contributed by atoms with Crippen LogP contribution in [0.1, 0.15) is 39.0 Å². The van der Waals surface area contributed by atoms with E-state index in [1.165, 1.54) is 0 Å². The van der Waals surface area contributed by atoms with Crippen LogP contribution in [-0.2, 0) is 9.59 Å². The zero-order chi connectivity index (χ0) is 13.2. The molecular weight excluding hydrogens is 232 g/mol. The smallest absolute Gasteiger partial charge is 0.329 e. The van der Waals surface area contributed by atoms with Gasteiger partial charge in [-0.15, -0.1) is 0 Å². The molecule has 2 aliphatic rings. The topological polar surface area (TPSA) is 78.4 Å². The molecule has 1 saturated carbocycles. The van der Waals surface area contributed by atoms with Gasteiger partial charge in [0.05, 0.1) is 0 Å². The number of carbonyl (C=O) groups excluding carboxylic acids is 1. The molecule has 0 aromatic rings. The van der Waals surface area contributed by atoms with E-state index in [4.69, 9.17) is 0 Å². The van der Waals surface area contributed by atoms with E-state index in [0.29, 0.717) is 18.4 Å². The van der Waals surface area contributed by atoms with Gasteiger partial charge in [0.2, 0.25) is 5.91 Å². The molecule has 1 saturated heterocycles. The minimum absolute atomic E-state index is 0.226. The molecule has 5 nitrogen and oxygen atoms in total. The van der Waals surface area contributed by atoms with E-state index in [-0.39, 0.29) is 5.91 Å². The van der Waals surface area contributed by atoms with Gasteiger partial charge in [-0.2, -0.15) is 0 Å². The zero-order valence-electron chi connectivity index (χ0n) is 10.7. The number of carbonyl (C=O) groups is 2. The summed E-state index contributed by atoms with van der Waals surface area (Å²) in [5.41, 5.74) is 0.692. The van der Waals surface area contributed by atoms with E-state index >= 15 is 0 Å². The molecule has 0 unspecified atom stereocenters. The summed E-state index contributed by atoms with van der Waals surface area (Å²) in [6.45, 7) is 3.24. The number of carboxylic acids is 1. The van der Waals surface area contributed by atoms with Crippen LogP contribution in [0.5, 0.6) is 0 Å². The number of nitrogens with one attached hydrogen (secondary N) is 2. The van der Waals surface area contributed by atoms with Crippen LogP contribution in [0.3, 0.4) is 0 Å². The number of rotatable bonds is 3. The summed E-state index contributed by atoms with van der Waals surface area (Å²) in [5.74, 6) is -1.13. The van der Waals surface area contributed by atoms with Crippen LogP contribution in [0.15, 0.2) is 11.1 Å². The highest BCUT2D eigenvalue weighted by Gasteiger charge is 2.41. The van der Waals surface area contributed by atoms with Crippen molar-refractivity contribution in [3.05, 3.63) is 11.1 Å². The van der Waals surface area contributed by atoms with E-state index < -0.39 is 11.5 Å². The first kappa shape index (κ1) is 13.1. The molecule has 2 rings (SSSR count). The second-order valence-electron chi connectivity index (χ2n) is 5.23. The Labute approximate surface area is 107 Å². The van der Waals surface area contributed by atoms with Crippen molar-refractivity contribution in [2.75, 3.05) is 13.1 Å². The molecule has 2 fully saturated rings. The SMILES string of the molecule is CC(C(=O)NC1(C(=O)O)CCCCC1)=C1CNC1. The molecule has 5 heteroatoms. The Bertz CT molecular complexity index is 389. The molecule has 1 aliphatic heterocycles. The van der Waals surface area contributed by atoms with Crippen LogP contribution in [0.4, 0.5) is 0 Å². The first-order valence-corrected chi connectivity index (χ1v) is 6.50. The fourth-order valence-electron chi connectivity index (χ4n) is 2.53. The van der Waals surface area contributed by atoms with Crippen molar-refractivity contribution in [3.8, 4) is 0 Å². The Morgan fingerprint density at radius 1 is 1.22 bits per heavy atom. The first-order valence-electron chi connectivity index (χ1n) is 6.50. The van der Waals surface area contributed by atoms with Gasteiger partial charge in [0.1, 0.15) is 5.54 Å². The lowest BCUT2D eigenvalue weighted by Crippen LogP contribution is -2.56. The molecule has 0 bridgehead atoms. The van der Waals surface area contributed by atoms with E-state index in [0.717, 1.165) is 37.9 Å². The lowest BCUT2D eigenvalue weighted by molar-refractivity contribution is -0.148. The highest BCUT2D eigenvalue weighted by atomic mass is 16.4. The monoisotopic (exact) mass is 252 g/mol. The molecule has 100 valence electrons. The van der Waals surface area contributed by atoms with Crippen molar-refractivity contribution in [1.29, 1.82) is 0 Å². The lowest BCUT2D eigenvalue weighted by atomic mass is 9.81. The average Bonchev–Trinajstić information content (AvgIpc) is 2.27. The van der Waals surface area contributed by atoms with Crippen molar-refractivity contribution in [1.82, 2.24) is 10.6 Å². The van der Waals surface area contributed by atoms with E-state index in [1.807, 2.05) is 0 Å². The van der Waals surface area contributed by atoms with Crippen LogP contribution < -0.4 is 10.6 Å². The highest BCUT2D eigenvalue weighted by Crippen LogP contribution is 2.29. The van der Waals surface area contributed by atoms with Gasteiger partial charge in [-0.05, 0) is 25.3 Å². The molecule has 0 atom stereocenters. The second kappa shape index (κ2) is 5.10. The summed E-state index contributed by atoms with van der Waals surface area (Å²) < 4.78 is 0. The molecule has 1 amide bonds. The zero-order valence-corrected chi connectivity index (χ0v) is 10.7. The maximum Gasteiger partial charge on any atom is 0.329 e. The largest absolute Gasteiger partial charge is 0.480 e. The quantitative estimate of drug-likeness (QED) is 0.649. The van der Waals surface area contributed by atoms with E-state index in [1.54, 1.807) is 6.92 Å². The molecule has 1 heterocycles. The third-order valence-corrected chi connectivity index (χ3v) is 4.02. The van der Waals surface area contributed by atoms with Gasteiger partial charge in [0, 0.05) is 18.7 Å². The average molecular weight is 252 g/mol. The van der Waals surface area contributed by atoms with Crippen molar-refractivity contribution < 1.29 is 14.7 Å². The fourth-order valence-corrected chi connectivity index (χ4v) is 2.53. The predicted octanol–water partition coefficient (Wildman–Crippen LogP) is 0.810. The predicted molar refractivity (Wildman–Crippen MR) is 67.2 cm³/mol. The fraction of sp³-hybridized carbons (Fsp3) is 0.692. The maximum absolute atomic E-state index is 12.1. The van der Waals surface area contributed by atoms with Crippen molar-refractivity contribution >= 4 is 11.9 Å². The Morgan fingerprint density at radius 3 is 2.28 bits per heavy atom. The molecule has 0 radical (unpaired) electrons. The van der Waals surface area contributed by atoms with E-state index in [2.05, 4.69) is 10.6 Å². The molecule has 0 spiro atoms. The minimum Gasteiger partial charge on any atom is -0.480 e. The van der Waals surface area contributed by atoms with Gasteiger partial charge in [0.25, 0.3) is 0 Å². The van der Waals surface area contributed by atoms with Gasteiger partial charge in [-0.25, -0.2) is 4.79 Å². The van der Waals surface area contributed by atoms with Gasteiger partial charge in [0.15, 0.2) is 0 Å². The van der Waals surface area contributed by atoms with Gasteiger partial charge in [-0.3, -0.25) is 4.79 Å². The van der Waals surface area contributed by atoms with Crippen LogP contribution in [0.25, 0.3) is 0 Å². The summed E-state index contributed by atoms with van der Waals surface area (Å²) in [6.07, 6.45) is 3.85. The standard InChI is InChI=1S/C13H20N2O3/c1-9(10-7-14-8-10)11(16)15-13(12(17)18)5-3-2-4-6-13/h14H,2-8H2,1H3,(H,15,16)(H,17,18). The molecular formula is C13H20N2O3. The number of aliphatic carboxylic acids is 1. The van der Waals surface area contributed by atoms with Crippen LogP contribution >= 0.6 is 0 Å². The number of amides is 1. The Hall–Kier alpha value is -1.36. The normalized spacial score (nSPS) is 21.9. The summed E-state index contributed by atoms with van der Waals surface area (Å²) in [4.78, 5) is 23.5. The Kier molecular flexibility index (Phi) is 3.71. The van der Waals surface area contributed by atoms with Gasteiger partial charge in [-0.1, -0.05) is 19.3 Å². The number of carboxylic acid groups (broad SMARTS) is 1. The summed E-state index contributed by atoms with van der Waals surface area (Å²) in [7, 11) is 0. The molecule has 1 aliphatic carbocycles. The van der Waals surface area contributed by atoms with Crippen LogP contribution in [0.2, 0.25) is 0 Å². The van der Waals surface area contributed by atoms with Crippen molar-refractivity contribution in [2.24, 2.45) is 0 Å². The molecule has 18 heavy (non-hydrogen) atoms. The Morgan fingerprint density at radius 2 is 1.83 bits per heavy atom. The van der Waals surface area contributed by atoms with Crippen molar-refractivity contribution in [2.45, 2.75) is 44.6 Å². The third-order valence-electron chi connectivity index (χ3n) is 4.02. The van der Waals surface area contributed by atoms with Gasteiger partial charge < -0.3 is 15.7 Å². The number of hydrogen-bond acceptors (Lipinski definition) is 3. The summed E-state index contributed by atoms with van der Waals surface area (Å²) >= 11 is 0. The number of hydrogen-bond donors (Lipinski definition) is 3. The second-order valence-corrected chi connectivity index (χ2v) is 5.23. The third kappa shape index (κ3) is 2.41. The van der Waals surface area contributed by atoms with Crippen LogP contribution in [0, 0.1) is 0 Å². The Balaban J connectivity index is 2.09. The van der Waals surface area contributed by atoms with E-state index in [9.17, 15) is 14.7 Å². The molecule has 0 aromatic carbocycles. The first-order chi connectivity index (χ1) is 8.55. The van der Waals surface area contributed by atoms with Gasteiger partial charge >= 0.3 is 5.97 Å². The lowest BCUT2D eigenvalue weighted by Gasteiger charge is -2.34. The summed E-state index contributed by atoms with van der Waals surface area (Å²) in [6, 6.07) is 0. The maximum atomic E-state index is 12.1. The van der Waals surface area contributed by atoms with Crippen molar-refractivity contribution in [3.63, 3.8) is 0 Å². The molecule has 0 aromatic heterocycles. The van der Waals surface area contributed by atoms with Crippen LogP contribution in [-0.4, -0.2) is 35.6 Å². The summed E-state index contributed by atoms with van der Waals surface area (Å²) in [5, 5.41) is 15.2.